The van der Waals surface area contributed by atoms with Crippen LogP contribution in [0, 0.1) is 0 Å². The number of benzene rings is 10. The largest absolute Gasteiger partial charge is 0.455 e. The molecule has 7 heteroatoms. The van der Waals surface area contributed by atoms with E-state index >= 15 is 0 Å². The molecular formula is C63H38N6O. The van der Waals surface area contributed by atoms with E-state index < -0.39 is 0 Å². The van der Waals surface area contributed by atoms with Crippen molar-refractivity contribution in [3.05, 3.63) is 231 Å². The molecule has 0 fully saturated rings. The Bertz CT molecular complexity index is 4470. The Labute approximate surface area is 400 Å². The molecule has 0 amide bonds. The first-order valence-electron chi connectivity index (χ1n) is 23.6. The summed E-state index contributed by atoms with van der Waals surface area (Å²) in [5.41, 5.74) is 14.0. The van der Waals surface area contributed by atoms with Crippen molar-refractivity contribution in [3.8, 4) is 51.2 Å². The van der Waals surface area contributed by atoms with Crippen molar-refractivity contribution >= 4 is 87.4 Å². The lowest BCUT2D eigenvalue weighted by Gasteiger charge is -2.16. The minimum absolute atomic E-state index is 0.535. The molecule has 0 radical (unpaired) electrons. The van der Waals surface area contributed by atoms with Gasteiger partial charge < -0.3 is 18.1 Å². The lowest BCUT2D eigenvalue weighted by atomic mass is 10.0. The first-order chi connectivity index (χ1) is 34.8. The van der Waals surface area contributed by atoms with Crippen LogP contribution in [0.4, 0.5) is 0 Å². The molecule has 0 spiro atoms. The monoisotopic (exact) mass is 894 g/mol. The van der Waals surface area contributed by atoms with Gasteiger partial charge in [0.15, 0.2) is 17.5 Å². The van der Waals surface area contributed by atoms with Gasteiger partial charge in [-0.05, 0) is 60.7 Å². The smallest absolute Gasteiger partial charge is 0.167 e. The van der Waals surface area contributed by atoms with E-state index in [1.807, 2.05) is 66.7 Å². The number of furan rings is 1. The van der Waals surface area contributed by atoms with Crippen LogP contribution < -0.4 is 0 Å². The van der Waals surface area contributed by atoms with Crippen LogP contribution in [0.2, 0.25) is 0 Å². The zero-order valence-corrected chi connectivity index (χ0v) is 37.5. The molecule has 0 bridgehead atoms. The molecule has 0 saturated carbocycles. The van der Waals surface area contributed by atoms with Gasteiger partial charge in [0.25, 0.3) is 0 Å². The summed E-state index contributed by atoms with van der Waals surface area (Å²) in [5, 5.41) is 9.04. The summed E-state index contributed by atoms with van der Waals surface area (Å²) in [6.07, 6.45) is 0. The maximum atomic E-state index is 7.05. The average Bonchev–Trinajstić information content (AvgIpc) is 4.18. The normalized spacial score (nSPS) is 12.0. The molecule has 7 nitrogen and oxygen atoms in total. The third kappa shape index (κ3) is 5.54. The van der Waals surface area contributed by atoms with Gasteiger partial charge in [-0.2, -0.15) is 0 Å². The van der Waals surface area contributed by atoms with Gasteiger partial charge in [0.05, 0.1) is 55.4 Å². The SMILES string of the molecule is c1ccc(-c2nc(-c3ccccc3)nc(-c3ccc(-n4c5ccccc5c5cc(-n6c7ccccc7c7ccccc76)c6c7ccccc7n(-c7ccccc7)c6c54)c4c3oc3ccccc34)n2)cc1. The molecule has 0 atom stereocenters. The van der Waals surface area contributed by atoms with Crippen molar-refractivity contribution in [2.45, 2.75) is 0 Å². The van der Waals surface area contributed by atoms with E-state index in [2.05, 4.69) is 177 Å². The second-order valence-corrected chi connectivity index (χ2v) is 17.9. The van der Waals surface area contributed by atoms with Crippen molar-refractivity contribution in [2.24, 2.45) is 0 Å². The molecule has 0 saturated heterocycles. The number of hydrogen-bond donors (Lipinski definition) is 0. The third-order valence-electron chi connectivity index (χ3n) is 14.1. The quantitative estimate of drug-likeness (QED) is 0.167. The lowest BCUT2D eigenvalue weighted by molar-refractivity contribution is 0.669. The summed E-state index contributed by atoms with van der Waals surface area (Å²) in [6, 6.07) is 81.5. The van der Waals surface area contributed by atoms with Crippen LogP contribution >= 0.6 is 0 Å². The molecule has 15 aromatic rings. The summed E-state index contributed by atoms with van der Waals surface area (Å²) >= 11 is 0. The zero-order valence-electron chi connectivity index (χ0n) is 37.5. The average molecular weight is 895 g/mol. The van der Waals surface area contributed by atoms with Crippen LogP contribution in [0.1, 0.15) is 0 Å². The molecule has 0 aliphatic rings. The molecular weight excluding hydrogens is 857 g/mol. The third-order valence-corrected chi connectivity index (χ3v) is 14.1. The minimum atomic E-state index is 0.535. The van der Waals surface area contributed by atoms with Crippen LogP contribution in [0.15, 0.2) is 235 Å². The van der Waals surface area contributed by atoms with Gasteiger partial charge in [0.2, 0.25) is 0 Å². The fraction of sp³-hybridized carbons (Fsp3) is 0. The number of hydrogen-bond acceptors (Lipinski definition) is 4. The van der Waals surface area contributed by atoms with Gasteiger partial charge >= 0.3 is 0 Å². The number of para-hydroxylation sites is 6. The van der Waals surface area contributed by atoms with Gasteiger partial charge in [-0.15, -0.1) is 0 Å². The van der Waals surface area contributed by atoms with Crippen molar-refractivity contribution in [2.75, 3.05) is 0 Å². The highest BCUT2D eigenvalue weighted by molar-refractivity contribution is 6.28. The fourth-order valence-corrected chi connectivity index (χ4v) is 11.1. The molecule has 5 heterocycles. The van der Waals surface area contributed by atoms with E-state index in [1.54, 1.807) is 0 Å². The molecule has 5 aromatic heterocycles. The Kier molecular flexibility index (Phi) is 8.23. The molecule has 0 aliphatic carbocycles. The first-order valence-corrected chi connectivity index (χ1v) is 23.6. The highest BCUT2D eigenvalue weighted by atomic mass is 16.3. The zero-order chi connectivity index (χ0) is 45.9. The summed E-state index contributed by atoms with van der Waals surface area (Å²) < 4.78 is 14.5. The topological polar surface area (TPSA) is 66.6 Å². The van der Waals surface area contributed by atoms with Crippen molar-refractivity contribution < 1.29 is 4.42 Å². The van der Waals surface area contributed by atoms with Gasteiger partial charge in [-0.3, -0.25) is 0 Å². The van der Waals surface area contributed by atoms with Crippen LogP contribution in [-0.4, -0.2) is 28.7 Å². The molecule has 0 unspecified atom stereocenters. The van der Waals surface area contributed by atoms with Crippen LogP contribution in [0.5, 0.6) is 0 Å². The Morgan fingerprint density at radius 3 is 1.40 bits per heavy atom. The maximum absolute atomic E-state index is 7.05. The van der Waals surface area contributed by atoms with Gasteiger partial charge in [0.1, 0.15) is 11.2 Å². The number of aromatic nitrogens is 6. The first kappa shape index (κ1) is 38.5. The number of fused-ring (bicyclic) bond motifs is 13. The van der Waals surface area contributed by atoms with Crippen LogP contribution in [0.3, 0.4) is 0 Å². The Morgan fingerprint density at radius 2 is 0.786 bits per heavy atom. The predicted octanol–water partition coefficient (Wildman–Crippen LogP) is 16.1. The standard InChI is InChI=1S/C63H38N6O/c1-4-20-39(21-5-1)61-64-62(40-22-6-2-7-23-40)66-63(65-61)47-36-37-53(57-46-30-14-19-35-55(46)70-60(47)57)69-51-33-17-12-28-44(51)48-38-54(68-49-31-15-10-26-42(49)43-27-11-16-32-50(43)68)56-45-29-13-18-34-52(45)67(59(56)58(48)69)41-24-8-3-9-25-41/h1-38H. The highest BCUT2D eigenvalue weighted by Gasteiger charge is 2.28. The van der Waals surface area contributed by atoms with E-state index in [0.29, 0.717) is 23.1 Å². The van der Waals surface area contributed by atoms with Crippen LogP contribution in [0.25, 0.3) is 139 Å². The predicted molar refractivity (Wildman–Crippen MR) is 286 cm³/mol. The number of rotatable bonds is 6. The maximum Gasteiger partial charge on any atom is 0.167 e. The molecule has 15 rings (SSSR count). The van der Waals surface area contributed by atoms with E-state index in [0.717, 1.165) is 94.0 Å². The van der Waals surface area contributed by atoms with E-state index in [4.69, 9.17) is 19.4 Å². The van der Waals surface area contributed by atoms with Crippen molar-refractivity contribution in [1.29, 1.82) is 0 Å². The fourth-order valence-electron chi connectivity index (χ4n) is 11.1. The van der Waals surface area contributed by atoms with Crippen LogP contribution in [-0.2, 0) is 0 Å². The summed E-state index contributed by atoms with van der Waals surface area (Å²) in [4.78, 5) is 15.4. The van der Waals surface area contributed by atoms with E-state index in [1.165, 1.54) is 21.5 Å². The van der Waals surface area contributed by atoms with E-state index in [9.17, 15) is 0 Å². The summed E-state index contributed by atoms with van der Waals surface area (Å²) in [6.45, 7) is 0. The van der Waals surface area contributed by atoms with Gasteiger partial charge in [0, 0.05) is 54.5 Å². The van der Waals surface area contributed by atoms with Gasteiger partial charge in [-0.1, -0.05) is 170 Å². The minimum Gasteiger partial charge on any atom is -0.455 e. The van der Waals surface area contributed by atoms with E-state index in [-0.39, 0.29) is 0 Å². The lowest BCUT2D eigenvalue weighted by Crippen LogP contribution is -2.02. The molecule has 0 N–H and O–H groups in total. The van der Waals surface area contributed by atoms with Gasteiger partial charge in [-0.25, -0.2) is 15.0 Å². The Balaban J connectivity index is 1.11. The highest BCUT2D eigenvalue weighted by Crippen LogP contribution is 2.48. The van der Waals surface area contributed by atoms with Crippen molar-refractivity contribution in [1.82, 2.24) is 28.7 Å². The Morgan fingerprint density at radius 1 is 0.314 bits per heavy atom. The second kappa shape index (κ2) is 15.0. The molecule has 326 valence electrons. The Hall–Kier alpha value is -9.59. The van der Waals surface area contributed by atoms with Crippen molar-refractivity contribution in [3.63, 3.8) is 0 Å². The summed E-state index contributed by atoms with van der Waals surface area (Å²) in [5.74, 6) is 1.72. The molecule has 70 heavy (non-hydrogen) atoms. The number of nitrogens with zero attached hydrogens (tertiary/aromatic N) is 6. The second-order valence-electron chi connectivity index (χ2n) is 17.9. The molecule has 10 aromatic carbocycles. The summed E-state index contributed by atoms with van der Waals surface area (Å²) in [7, 11) is 0. The molecule has 0 aliphatic heterocycles.